The molecule has 1 aliphatic heterocycles. The van der Waals surface area contributed by atoms with Crippen LogP contribution in [-0.2, 0) is 20.9 Å². The summed E-state index contributed by atoms with van der Waals surface area (Å²) >= 11 is 12.4. The van der Waals surface area contributed by atoms with Gasteiger partial charge in [-0.1, -0.05) is 59.6 Å². The largest absolute Gasteiger partial charge is 0.457 e. The highest BCUT2D eigenvalue weighted by atomic mass is 35.5. The molecule has 2 aliphatic rings. The average molecular weight is 442 g/mol. The molecule has 4 nitrogen and oxygen atoms in total. The molecule has 6 heteroatoms. The van der Waals surface area contributed by atoms with E-state index in [1.165, 1.54) is 0 Å². The first-order valence-electron chi connectivity index (χ1n) is 9.85. The lowest BCUT2D eigenvalue weighted by molar-refractivity contribution is -0.140. The van der Waals surface area contributed by atoms with Gasteiger partial charge in [0.05, 0.1) is 15.6 Å². The van der Waals surface area contributed by atoms with Crippen molar-refractivity contribution in [1.29, 1.82) is 0 Å². The van der Waals surface area contributed by atoms with E-state index in [-0.39, 0.29) is 12.4 Å². The molecule has 2 aromatic rings. The highest BCUT2D eigenvalue weighted by Gasteiger charge is 2.39. The molecule has 1 aliphatic carbocycles. The van der Waals surface area contributed by atoms with E-state index in [0.717, 1.165) is 29.7 Å². The summed E-state index contributed by atoms with van der Waals surface area (Å²) in [5.41, 5.74) is 4.26. The maximum atomic E-state index is 13.2. The monoisotopic (exact) mass is 441 g/mol. The molecule has 30 heavy (non-hydrogen) atoms. The highest BCUT2D eigenvalue weighted by molar-refractivity contribution is 6.42. The number of hydrogen-bond acceptors (Lipinski definition) is 4. The number of carbonyl (C=O) groups is 2. The molecule has 1 heterocycles. The van der Waals surface area contributed by atoms with Gasteiger partial charge in [-0.2, -0.15) is 0 Å². The lowest BCUT2D eigenvalue weighted by atomic mass is 9.75. The van der Waals surface area contributed by atoms with Gasteiger partial charge in [-0.25, -0.2) is 4.79 Å². The quantitative estimate of drug-likeness (QED) is 0.617. The number of dihydropyridines is 1. The summed E-state index contributed by atoms with van der Waals surface area (Å²) in [5.74, 6) is -0.947. The van der Waals surface area contributed by atoms with Gasteiger partial charge in [-0.15, -0.1) is 0 Å². The summed E-state index contributed by atoms with van der Waals surface area (Å²) in [5, 5.41) is 4.09. The maximum Gasteiger partial charge on any atom is 0.337 e. The van der Waals surface area contributed by atoms with E-state index < -0.39 is 11.9 Å². The lowest BCUT2D eigenvalue weighted by Crippen LogP contribution is -2.34. The number of allylic oxidation sites excluding steroid dienone is 3. The third kappa shape index (κ3) is 4.03. The van der Waals surface area contributed by atoms with Crippen LogP contribution in [0.25, 0.3) is 0 Å². The Morgan fingerprint density at radius 2 is 1.87 bits per heavy atom. The minimum atomic E-state index is -0.535. The standard InChI is InChI=1S/C24H21Cl2NO3/c1-14-21(24(29)30-13-15-6-3-2-4-7-15)22(16-10-11-17(25)18(26)12-16)23-19(27-14)8-5-9-20(23)28/h2-4,6-7,10-12,22,27H,5,8-9,13H2,1H3/t22-/m0/s1. The zero-order valence-corrected chi connectivity index (χ0v) is 18.0. The van der Waals surface area contributed by atoms with E-state index in [1.807, 2.05) is 43.3 Å². The van der Waals surface area contributed by atoms with E-state index in [1.54, 1.807) is 12.1 Å². The molecule has 1 atom stereocenters. The molecule has 1 N–H and O–H groups in total. The summed E-state index contributed by atoms with van der Waals surface area (Å²) in [6, 6.07) is 14.7. The molecule has 0 saturated heterocycles. The van der Waals surface area contributed by atoms with Crippen molar-refractivity contribution in [2.45, 2.75) is 38.7 Å². The normalized spacial score (nSPS) is 18.8. The topological polar surface area (TPSA) is 55.4 Å². The van der Waals surface area contributed by atoms with Crippen molar-refractivity contribution < 1.29 is 14.3 Å². The molecule has 0 radical (unpaired) electrons. The second-order valence-electron chi connectivity index (χ2n) is 7.50. The fourth-order valence-corrected chi connectivity index (χ4v) is 4.39. The van der Waals surface area contributed by atoms with Crippen LogP contribution in [0.5, 0.6) is 0 Å². The second-order valence-corrected chi connectivity index (χ2v) is 8.32. The van der Waals surface area contributed by atoms with Crippen molar-refractivity contribution in [2.75, 3.05) is 0 Å². The summed E-state index contributed by atoms with van der Waals surface area (Å²) < 4.78 is 5.63. The molecular formula is C24H21Cl2NO3. The molecule has 0 aromatic heterocycles. The Morgan fingerprint density at radius 1 is 1.10 bits per heavy atom. The molecule has 2 aromatic carbocycles. The molecule has 0 spiro atoms. The van der Waals surface area contributed by atoms with E-state index in [0.29, 0.717) is 33.3 Å². The number of ether oxygens (including phenoxy) is 1. The predicted octanol–water partition coefficient (Wildman–Crippen LogP) is 5.70. The van der Waals surface area contributed by atoms with E-state index >= 15 is 0 Å². The first-order chi connectivity index (χ1) is 14.5. The van der Waals surface area contributed by atoms with Crippen LogP contribution in [0, 0.1) is 0 Å². The molecule has 4 rings (SSSR count). The number of halogens is 2. The maximum absolute atomic E-state index is 13.2. The van der Waals surface area contributed by atoms with Crippen molar-refractivity contribution >= 4 is 35.0 Å². The van der Waals surface area contributed by atoms with Crippen molar-refractivity contribution in [3.8, 4) is 0 Å². The van der Waals surface area contributed by atoms with Gasteiger partial charge in [0.15, 0.2) is 5.78 Å². The van der Waals surface area contributed by atoms with Crippen LogP contribution in [-0.4, -0.2) is 11.8 Å². The predicted molar refractivity (Wildman–Crippen MR) is 117 cm³/mol. The Balaban J connectivity index is 1.73. The number of hydrogen-bond donors (Lipinski definition) is 1. The molecule has 154 valence electrons. The molecule has 0 unspecified atom stereocenters. The van der Waals surface area contributed by atoms with Gasteiger partial charge in [0, 0.05) is 29.3 Å². The number of benzene rings is 2. The first kappa shape index (κ1) is 20.7. The van der Waals surface area contributed by atoms with Gasteiger partial charge in [-0.05, 0) is 43.0 Å². The summed E-state index contributed by atoms with van der Waals surface area (Å²) in [6.45, 7) is 2.00. The summed E-state index contributed by atoms with van der Waals surface area (Å²) in [4.78, 5) is 26.1. The zero-order chi connectivity index (χ0) is 21.3. The van der Waals surface area contributed by atoms with E-state index in [4.69, 9.17) is 27.9 Å². The molecule has 0 fully saturated rings. The number of esters is 1. The Hall–Kier alpha value is -2.56. The van der Waals surface area contributed by atoms with E-state index in [9.17, 15) is 9.59 Å². The fraction of sp³-hybridized carbons (Fsp3) is 0.250. The third-order valence-electron chi connectivity index (χ3n) is 5.49. The number of Topliss-reactive ketones (excluding diaryl/α,β-unsaturated/α-hetero) is 1. The van der Waals surface area contributed by atoms with Gasteiger partial charge in [0.25, 0.3) is 0 Å². The molecule has 0 saturated carbocycles. The Bertz CT molecular complexity index is 1070. The van der Waals surface area contributed by atoms with Gasteiger partial charge < -0.3 is 10.1 Å². The van der Waals surface area contributed by atoms with Crippen molar-refractivity contribution in [3.63, 3.8) is 0 Å². The van der Waals surface area contributed by atoms with Crippen LogP contribution >= 0.6 is 23.2 Å². The lowest BCUT2D eigenvalue weighted by Gasteiger charge is -2.34. The minimum absolute atomic E-state index is 0.0423. The van der Waals surface area contributed by atoms with E-state index in [2.05, 4.69) is 5.32 Å². The van der Waals surface area contributed by atoms with Crippen molar-refractivity contribution in [1.82, 2.24) is 5.32 Å². The third-order valence-corrected chi connectivity index (χ3v) is 6.22. The highest BCUT2D eigenvalue weighted by Crippen LogP contribution is 2.43. The van der Waals surface area contributed by atoms with Crippen LogP contribution in [0.2, 0.25) is 10.0 Å². The Morgan fingerprint density at radius 3 is 2.60 bits per heavy atom. The fourth-order valence-electron chi connectivity index (χ4n) is 4.08. The molecular weight excluding hydrogens is 421 g/mol. The second kappa shape index (κ2) is 8.66. The SMILES string of the molecule is CC1=C(C(=O)OCc2ccccc2)[C@H](c2ccc(Cl)c(Cl)c2)C2=C(CCCC2=O)N1. The summed E-state index contributed by atoms with van der Waals surface area (Å²) in [7, 11) is 0. The van der Waals surface area contributed by atoms with Crippen LogP contribution in [0.1, 0.15) is 43.2 Å². The zero-order valence-electron chi connectivity index (χ0n) is 16.5. The minimum Gasteiger partial charge on any atom is -0.457 e. The Kier molecular flexibility index (Phi) is 5.98. The van der Waals surface area contributed by atoms with Crippen molar-refractivity contribution in [2.24, 2.45) is 0 Å². The first-order valence-corrected chi connectivity index (χ1v) is 10.6. The van der Waals surface area contributed by atoms with Gasteiger partial charge in [0.2, 0.25) is 0 Å². The number of nitrogens with one attached hydrogen (secondary N) is 1. The van der Waals surface area contributed by atoms with Crippen LogP contribution in [0.3, 0.4) is 0 Å². The van der Waals surface area contributed by atoms with Crippen LogP contribution in [0.4, 0.5) is 0 Å². The summed E-state index contributed by atoms with van der Waals surface area (Å²) in [6.07, 6.45) is 2.02. The number of ketones is 1. The van der Waals surface area contributed by atoms with Gasteiger partial charge in [0.1, 0.15) is 6.61 Å². The molecule has 0 bridgehead atoms. The average Bonchev–Trinajstić information content (AvgIpc) is 2.74. The molecule has 0 amide bonds. The van der Waals surface area contributed by atoms with Crippen LogP contribution < -0.4 is 5.32 Å². The van der Waals surface area contributed by atoms with Gasteiger partial charge >= 0.3 is 5.97 Å². The van der Waals surface area contributed by atoms with Crippen molar-refractivity contribution in [3.05, 3.63) is 92.2 Å². The Labute approximate surface area is 185 Å². The number of rotatable bonds is 4. The van der Waals surface area contributed by atoms with Gasteiger partial charge in [-0.3, -0.25) is 4.79 Å². The van der Waals surface area contributed by atoms with Crippen LogP contribution in [0.15, 0.2) is 71.1 Å². The smallest absolute Gasteiger partial charge is 0.337 e. The number of carbonyl (C=O) groups excluding carboxylic acids is 2.